The fraction of sp³-hybridized carbons (Fsp3) is 0.520. The zero-order valence-corrected chi connectivity index (χ0v) is 23.1. The molecule has 11 nitrogen and oxygen atoms in total. The average molecular weight is 669 g/mol. The molecule has 2 aromatic heterocycles. The number of pyridine rings is 1. The van der Waals surface area contributed by atoms with Crippen LogP contribution in [0.1, 0.15) is 17.9 Å². The highest BCUT2D eigenvalue weighted by molar-refractivity contribution is 5.73. The van der Waals surface area contributed by atoms with Crippen LogP contribution in [-0.4, -0.2) is 105 Å². The largest absolute Gasteiger partial charge is 0.490 e. The standard InChI is InChI=1S/C19H25N3O2.3C2HF3O2/c1-23-19-7-9-22(11-15-5-2-3-8-20-15)18-14-21(13-17(18)19)12-16-6-4-10-24-16;3*3-2(4,5)1(6)7/h2-6,8,10,17-19H,7,9,11-14H2,1H3;3*(H,6,7)/t17-,18+,19-;;;/m0.../s1. The first kappa shape index (κ1) is 39.1. The van der Waals surface area contributed by atoms with Gasteiger partial charge in [-0.05, 0) is 30.7 Å². The van der Waals surface area contributed by atoms with E-state index in [2.05, 4.69) is 33.0 Å². The molecule has 3 N–H and O–H groups in total. The second-order valence-corrected chi connectivity index (χ2v) is 9.27. The number of hydrogen-bond donors (Lipinski definition) is 3. The van der Waals surface area contributed by atoms with Gasteiger partial charge in [0.1, 0.15) is 5.76 Å². The molecule has 2 fully saturated rings. The van der Waals surface area contributed by atoms with Crippen LogP contribution in [-0.2, 0) is 32.2 Å². The molecule has 0 bridgehead atoms. The minimum absolute atomic E-state index is 0.358. The number of halogens is 9. The van der Waals surface area contributed by atoms with E-state index >= 15 is 0 Å². The zero-order valence-electron chi connectivity index (χ0n) is 23.1. The van der Waals surface area contributed by atoms with Gasteiger partial charge in [-0.25, -0.2) is 14.4 Å². The summed E-state index contributed by atoms with van der Waals surface area (Å²) in [5, 5.41) is 21.4. The third-order valence-electron chi connectivity index (χ3n) is 6.14. The van der Waals surface area contributed by atoms with Crippen molar-refractivity contribution in [3.05, 3.63) is 54.2 Å². The van der Waals surface area contributed by atoms with Crippen LogP contribution >= 0.6 is 0 Å². The van der Waals surface area contributed by atoms with Gasteiger partial charge in [0.2, 0.25) is 0 Å². The molecule has 4 heterocycles. The Balaban J connectivity index is 0.000000396. The predicted molar refractivity (Wildman–Crippen MR) is 132 cm³/mol. The Morgan fingerprint density at radius 3 is 1.80 bits per heavy atom. The van der Waals surface area contributed by atoms with Gasteiger partial charge in [-0.15, -0.1) is 0 Å². The highest BCUT2D eigenvalue weighted by Gasteiger charge is 2.44. The van der Waals surface area contributed by atoms with Crippen molar-refractivity contribution >= 4 is 17.9 Å². The van der Waals surface area contributed by atoms with Crippen molar-refractivity contribution in [1.29, 1.82) is 0 Å². The minimum atomic E-state index is -5.08. The van der Waals surface area contributed by atoms with Crippen molar-refractivity contribution in [3.8, 4) is 0 Å². The quantitative estimate of drug-likeness (QED) is 0.391. The number of fused-ring (bicyclic) bond motifs is 1. The summed E-state index contributed by atoms with van der Waals surface area (Å²) in [6.07, 6.45) is -10.2. The molecule has 0 saturated carbocycles. The Morgan fingerprint density at radius 1 is 0.867 bits per heavy atom. The van der Waals surface area contributed by atoms with Crippen molar-refractivity contribution in [3.63, 3.8) is 0 Å². The Morgan fingerprint density at radius 2 is 1.40 bits per heavy atom. The van der Waals surface area contributed by atoms with Gasteiger partial charge in [-0.2, -0.15) is 39.5 Å². The smallest absolute Gasteiger partial charge is 0.475 e. The van der Waals surface area contributed by atoms with E-state index in [-0.39, 0.29) is 0 Å². The maximum absolute atomic E-state index is 10.6. The lowest BCUT2D eigenvalue weighted by molar-refractivity contribution is -0.193. The molecular formula is C25H28F9N3O8. The van der Waals surface area contributed by atoms with Gasteiger partial charge < -0.3 is 24.5 Å². The molecule has 0 unspecified atom stereocenters. The summed E-state index contributed by atoms with van der Waals surface area (Å²) in [5.74, 6) is -6.67. The van der Waals surface area contributed by atoms with Gasteiger partial charge in [0, 0.05) is 51.4 Å². The second kappa shape index (κ2) is 17.0. The molecule has 0 aliphatic carbocycles. The van der Waals surface area contributed by atoms with Gasteiger partial charge >= 0.3 is 36.4 Å². The van der Waals surface area contributed by atoms with Crippen molar-refractivity contribution in [2.75, 3.05) is 26.7 Å². The van der Waals surface area contributed by atoms with Crippen LogP contribution in [0.4, 0.5) is 39.5 Å². The Labute approximate surface area is 248 Å². The van der Waals surface area contributed by atoms with Gasteiger partial charge in [0.05, 0.1) is 24.6 Å². The number of carbonyl (C=O) groups is 3. The summed E-state index contributed by atoms with van der Waals surface area (Å²) in [7, 11) is 1.85. The van der Waals surface area contributed by atoms with Crippen LogP contribution in [0.5, 0.6) is 0 Å². The molecular weight excluding hydrogens is 641 g/mol. The lowest BCUT2D eigenvalue weighted by Gasteiger charge is -2.41. The van der Waals surface area contributed by atoms with Crippen LogP contribution in [0.25, 0.3) is 0 Å². The SMILES string of the molecule is CO[C@H]1CCN(Cc2ccccn2)[C@@H]2CN(Cc3ccco3)C[C@H]12.O=C(O)C(F)(F)F.O=C(O)C(F)(F)F.O=C(O)C(F)(F)F. The predicted octanol–water partition coefficient (Wildman–Crippen LogP) is 4.30. The molecule has 45 heavy (non-hydrogen) atoms. The second-order valence-electron chi connectivity index (χ2n) is 9.27. The summed E-state index contributed by atoms with van der Waals surface area (Å²) < 4.78 is 107. The number of aliphatic carboxylic acids is 3. The lowest BCUT2D eigenvalue weighted by atomic mass is 9.89. The molecule has 2 aliphatic rings. The number of nitrogens with zero attached hydrogens (tertiary/aromatic N) is 3. The van der Waals surface area contributed by atoms with Gasteiger partial charge in [-0.3, -0.25) is 14.8 Å². The maximum atomic E-state index is 10.6. The molecule has 2 saturated heterocycles. The Bertz CT molecular complexity index is 1140. The highest BCUT2D eigenvalue weighted by atomic mass is 19.4. The third kappa shape index (κ3) is 14.2. The number of hydrogen-bond acceptors (Lipinski definition) is 8. The molecule has 2 aliphatic heterocycles. The van der Waals surface area contributed by atoms with E-state index in [4.69, 9.17) is 38.9 Å². The van der Waals surface area contributed by atoms with E-state index in [1.807, 2.05) is 25.4 Å². The first-order valence-electron chi connectivity index (χ1n) is 12.5. The zero-order chi connectivity index (χ0) is 34.6. The number of aromatic nitrogens is 1. The molecule has 0 spiro atoms. The normalized spacial score (nSPS) is 20.3. The van der Waals surface area contributed by atoms with E-state index in [1.54, 1.807) is 6.26 Å². The number of rotatable bonds is 5. The summed E-state index contributed by atoms with van der Waals surface area (Å²) in [6, 6.07) is 10.7. The van der Waals surface area contributed by atoms with Gasteiger partial charge in [0.15, 0.2) is 0 Å². The number of furan rings is 1. The Hall–Kier alpha value is -3.91. The summed E-state index contributed by atoms with van der Waals surface area (Å²) in [6.45, 7) is 5.02. The molecule has 0 amide bonds. The van der Waals surface area contributed by atoms with Gasteiger partial charge in [-0.1, -0.05) is 6.07 Å². The average Bonchev–Trinajstić information content (AvgIpc) is 3.59. The van der Waals surface area contributed by atoms with E-state index in [9.17, 15) is 39.5 Å². The highest BCUT2D eigenvalue weighted by Crippen LogP contribution is 2.34. The minimum Gasteiger partial charge on any atom is -0.475 e. The third-order valence-corrected chi connectivity index (χ3v) is 6.14. The topological polar surface area (TPSA) is 154 Å². The molecule has 20 heteroatoms. The van der Waals surface area contributed by atoms with Crippen LogP contribution in [0.2, 0.25) is 0 Å². The molecule has 2 aromatic rings. The monoisotopic (exact) mass is 669 g/mol. The molecule has 4 rings (SSSR count). The first-order chi connectivity index (χ1) is 20.7. The summed E-state index contributed by atoms with van der Waals surface area (Å²) in [5.41, 5.74) is 1.15. The fourth-order valence-corrected chi connectivity index (χ4v) is 4.26. The number of piperidine rings is 1. The molecule has 254 valence electrons. The van der Waals surface area contributed by atoms with Gasteiger partial charge in [0.25, 0.3) is 0 Å². The van der Waals surface area contributed by atoms with Crippen LogP contribution < -0.4 is 0 Å². The Kier molecular flexibility index (Phi) is 14.7. The molecule has 0 radical (unpaired) electrons. The van der Waals surface area contributed by atoms with E-state index < -0.39 is 36.4 Å². The number of alkyl halides is 9. The number of carboxylic acids is 3. The first-order valence-corrected chi connectivity index (χ1v) is 12.5. The summed E-state index contributed by atoms with van der Waals surface area (Å²) >= 11 is 0. The van der Waals surface area contributed by atoms with E-state index in [1.165, 1.54) is 0 Å². The van der Waals surface area contributed by atoms with E-state index in [0.717, 1.165) is 50.6 Å². The van der Waals surface area contributed by atoms with Crippen LogP contribution in [0.15, 0.2) is 47.2 Å². The molecule has 0 aromatic carbocycles. The fourth-order valence-electron chi connectivity index (χ4n) is 4.26. The van der Waals surface area contributed by atoms with Crippen molar-refractivity contribution in [2.45, 2.75) is 50.2 Å². The maximum Gasteiger partial charge on any atom is 0.490 e. The number of carboxylic acid groups (broad SMARTS) is 3. The number of ether oxygens (including phenoxy) is 1. The summed E-state index contributed by atoms with van der Waals surface area (Å²) in [4.78, 5) is 36.3. The number of likely N-dealkylation sites (tertiary alicyclic amines) is 2. The van der Waals surface area contributed by atoms with Crippen LogP contribution in [0, 0.1) is 5.92 Å². The van der Waals surface area contributed by atoms with E-state index in [0.29, 0.717) is 18.1 Å². The number of methoxy groups -OCH3 is 1. The van der Waals surface area contributed by atoms with Crippen molar-refractivity contribution in [2.24, 2.45) is 5.92 Å². The van der Waals surface area contributed by atoms with Crippen molar-refractivity contribution < 1.29 is 78.4 Å². The van der Waals surface area contributed by atoms with Crippen molar-refractivity contribution in [1.82, 2.24) is 14.8 Å². The van der Waals surface area contributed by atoms with Crippen LogP contribution in [0.3, 0.4) is 0 Å². The molecule has 3 atom stereocenters. The lowest BCUT2D eigenvalue weighted by Crippen LogP contribution is -2.50.